The lowest BCUT2D eigenvalue weighted by molar-refractivity contribution is -0.120. The minimum atomic E-state index is -0.164. The van der Waals surface area contributed by atoms with Gasteiger partial charge in [-0.1, -0.05) is 24.3 Å². The van der Waals surface area contributed by atoms with Gasteiger partial charge in [0, 0.05) is 17.8 Å². The van der Waals surface area contributed by atoms with Crippen molar-refractivity contribution in [3.8, 4) is 5.75 Å². The van der Waals surface area contributed by atoms with Gasteiger partial charge in [0.15, 0.2) is 0 Å². The van der Waals surface area contributed by atoms with Gasteiger partial charge in [-0.15, -0.1) is 0 Å². The second kappa shape index (κ2) is 8.52. The van der Waals surface area contributed by atoms with E-state index in [2.05, 4.69) is 61.3 Å². The third-order valence-corrected chi connectivity index (χ3v) is 5.22. The van der Waals surface area contributed by atoms with Crippen LogP contribution in [0.5, 0.6) is 5.75 Å². The topological polar surface area (TPSA) is 53.9 Å². The average molecular weight is 392 g/mol. The van der Waals surface area contributed by atoms with Gasteiger partial charge < -0.3 is 9.64 Å². The SMILES string of the molecule is CCN1c2ccc(/C=N/NC(=O)Cc3cccc(OC)c3)cc2C(C)=CC1(C)C. The van der Waals surface area contributed by atoms with Gasteiger partial charge in [0.05, 0.1) is 25.3 Å². The predicted molar refractivity (Wildman–Crippen MR) is 120 cm³/mol. The molecule has 0 bridgehead atoms. The lowest BCUT2D eigenvalue weighted by atomic mass is 9.88. The molecule has 5 nitrogen and oxygen atoms in total. The zero-order valence-electron chi connectivity index (χ0n) is 17.8. The fourth-order valence-corrected chi connectivity index (χ4v) is 3.95. The predicted octanol–water partition coefficient (Wildman–Crippen LogP) is 4.41. The van der Waals surface area contributed by atoms with Crippen LogP contribution in [0.3, 0.4) is 0 Å². The van der Waals surface area contributed by atoms with Crippen molar-refractivity contribution in [1.82, 2.24) is 5.43 Å². The quantitative estimate of drug-likeness (QED) is 0.586. The fourth-order valence-electron chi connectivity index (χ4n) is 3.95. The number of carbonyl (C=O) groups is 1. The number of amides is 1. The van der Waals surface area contributed by atoms with Crippen molar-refractivity contribution in [2.45, 2.75) is 39.7 Å². The Morgan fingerprint density at radius 1 is 1.24 bits per heavy atom. The monoisotopic (exact) mass is 391 g/mol. The Morgan fingerprint density at radius 3 is 2.76 bits per heavy atom. The summed E-state index contributed by atoms with van der Waals surface area (Å²) in [6.45, 7) is 9.72. The number of likely N-dealkylation sites (N-methyl/N-ethyl adjacent to an activating group) is 1. The Morgan fingerprint density at radius 2 is 2.03 bits per heavy atom. The maximum absolute atomic E-state index is 12.2. The standard InChI is InChI=1S/C24H29N3O2/c1-6-27-22-11-10-19(13-21(22)17(2)15-24(27,3)4)16-25-26-23(28)14-18-8-7-9-20(12-18)29-5/h7-13,15-16H,6,14H2,1-5H3,(H,26,28)/b25-16+. The van der Waals surface area contributed by atoms with Gasteiger partial charge in [0.25, 0.3) is 0 Å². The van der Waals surface area contributed by atoms with Gasteiger partial charge in [-0.25, -0.2) is 5.43 Å². The molecule has 1 heterocycles. The number of methoxy groups -OCH3 is 1. The third kappa shape index (κ3) is 4.67. The highest BCUT2D eigenvalue weighted by molar-refractivity contribution is 5.88. The first kappa shape index (κ1) is 20.6. The molecule has 0 spiro atoms. The maximum Gasteiger partial charge on any atom is 0.244 e. The summed E-state index contributed by atoms with van der Waals surface area (Å²) in [5.41, 5.74) is 8.13. The Kier molecular flexibility index (Phi) is 6.06. The number of allylic oxidation sites excluding steroid dienone is 1. The molecule has 0 radical (unpaired) electrons. The van der Waals surface area contributed by atoms with Crippen LogP contribution in [-0.4, -0.2) is 31.3 Å². The summed E-state index contributed by atoms with van der Waals surface area (Å²) in [6, 6.07) is 13.8. The summed E-state index contributed by atoms with van der Waals surface area (Å²) in [5.74, 6) is 0.572. The number of hydrazone groups is 1. The van der Waals surface area contributed by atoms with E-state index < -0.39 is 0 Å². The highest BCUT2D eigenvalue weighted by Crippen LogP contribution is 2.38. The third-order valence-electron chi connectivity index (χ3n) is 5.22. The van der Waals surface area contributed by atoms with E-state index in [9.17, 15) is 4.79 Å². The zero-order valence-corrected chi connectivity index (χ0v) is 17.8. The zero-order chi connectivity index (χ0) is 21.0. The molecule has 152 valence electrons. The van der Waals surface area contributed by atoms with Gasteiger partial charge in [-0.05, 0) is 68.7 Å². The van der Waals surface area contributed by atoms with Gasteiger partial charge >= 0.3 is 0 Å². The molecule has 29 heavy (non-hydrogen) atoms. The first-order valence-electron chi connectivity index (χ1n) is 9.90. The van der Waals surface area contributed by atoms with E-state index in [-0.39, 0.29) is 17.9 Å². The number of anilines is 1. The van der Waals surface area contributed by atoms with Crippen molar-refractivity contribution < 1.29 is 9.53 Å². The van der Waals surface area contributed by atoms with Crippen molar-refractivity contribution in [1.29, 1.82) is 0 Å². The van der Waals surface area contributed by atoms with E-state index in [1.165, 1.54) is 16.8 Å². The molecule has 0 saturated heterocycles. The van der Waals surface area contributed by atoms with Gasteiger partial charge in [-0.3, -0.25) is 4.79 Å². The number of hydrogen-bond donors (Lipinski definition) is 1. The summed E-state index contributed by atoms with van der Waals surface area (Å²) in [7, 11) is 1.61. The lowest BCUT2D eigenvalue weighted by Crippen LogP contribution is -2.44. The number of ether oxygens (including phenoxy) is 1. The number of fused-ring (bicyclic) bond motifs is 1. The molecule has 1 N–H and O–H groups in total. The largest absolute Gasteiger partial charge is 0.497 e. The van der Waals surface area contributed by atoms with Crippen LogP contribution >= 0.6 is 0 Å². The number of rotatable bonds is 6. The van der Waals surface area contributed by atoms with Crippen molar-refractivity contribution >= 4 is 23.4 Å². The van der Waals surface area contributed by atoms with E-state index in [4.69, 9.17) is 4.74 Å². The van der Waals surface area contributed by atoms with E-state index in [0.29, 0.717) is 0 Å². The molecule has 1 aliphatic heterocycles. The molecular weight excluding hydrogens is 362 g/mol. The summed E-state index contributed by atoms with van der Waals surface area (Å²) < 4.78 is 5.19. The highest BCUT2D eigenvalue weighted by Gasteiger charge is 2.29. The first-order valence-corrected chi connectivity index (χ1v) is 9.90. The molecule has 1 aliphatic rings. The van der Waals surface area contributed by atoms with Crippen LogP contribution in [-0.2, 0) is 11.2 Å². The smallest absolute Gasteiger partial charge is 0.244 e. The second-order valence-corrected chi connectivity index (χ2v) is 7.82. The normalized spacial score (nSPS) is 15.1. The van der Waals surface area contributed by atoms with Crippen LogP contribution in [0, 0.1) is 0 Å². The minimum Gasteiger partial charge on any atom is -0.497 e. The molecule has 5 heteroatoms. The van der Waals surface area contributed by atoms with Gasteiger partial charge in [-0.2, -0.15) is 5.10 Å². The second-order valence-electron chi connectivity index (χ2n) is 7.82. The summed E-state index contributed by atoms with van der Waals surface area (Å²) >= 11 is 0. The van der Waals surface area contributed by atoms with Crippen LogP contribution in [0.25, 0.3) is 5.57 Å². The van der Waals surface area contributed by atoms with Crippen molar-refractivity contribution in [2.24, 2.45) is 5.10 Å². The van der Waals surface area contributed by atoms with Crippen LogP contribution in [0.2, 0.25) is 0 Å². The summed E-state index contributed by atoms with van der Waals surface area (Å²) in [5, 5.41) is 4.13. The Balaban J connectivity index is 1.69. The van der Waals surface area contributed by atoms with E-state index >= 15 is 0 Å². The molecular formula is C24H29N3O2. The molecule has 0 fully saturated rings. The Bertz CT molecular complexity index is 960. The first-order chi connectivity index (χ1) is 13.8. The number of nitrogens with one attached hydrogen (secondary N) is 1. The van der Waals surface area contributed by atoms with Gasteiger partial charge in [0.2, 0.25) is 5.91 Å². The highest BCUT2D eigenvalue weighted by atomic mass is 16.5. The van der Waals surface area contributed by atoms with Gasteiger partial charge in [0.1, 0.15) is 5.75 Å². The maximum atomic E-state index is 12.2. The van der Waals surface area contributed by atoms with Crippen LogP contribution in [0.15, 0.2) is 53.6 Å². The molecule has 0 unspecified atom stereocenters. The fraction of sp³-hybridized carbons (Fsp3) is 0.333. The number of benzene rings is 2. The summed E-state index contributed by atoms with van der Waals surface area (Å²) in [4.78, 5) is 14.6. The van der Waals surface area contributed by atoms with Crippen molar-refractivity contribution in [3.05, 3.63) is 65.2 Å². The molecule has 3 rings (SSSR count). The summed E-state index contributed by atoms with van der Waals surface area (Å²) in [6.07, 6.45) is 4.24. The molecule has 2 aromatic carbocycles. The molecule has 0 aromatic heterocycles. The molecule has 1 amide bonds. The number of carbonyl (C=O) groups excluding carboxylic acids is 1. The lowest BCUT2D eigenvalue weighted by Gasteiger charge is -2.42. The van der Waals surface area contributed by atoms with Crippen molar-refractivity contribution in [2.75, 3.05) is 18.6 Å². The van der Waals surface area contributed by atoms with E-state index in [1.807, 2.05) is 30.3 Å². The van der Waals surface area contributed by atoms with Crippen LogP contribution < -0.4 is 15.1 Å². The van der Waals surface area contributed by atoms with E-state index in [1.54, 1.807) is 13.3 Å². The number of hydrogen-bond acceptors (Lipinski definition) is 4. The number of nitrogens with zero attached hydrogens (tertiary/aromatic N) is 2. The molecule has 2 aromatic rings. The van der Waals surface area contributed by atoms with E-state index in [0.717, 1.165) is 23.4 Å². The Hall–Kier alpha value is -3.08. The average Bonchev–Trinajstić information content (AvgIpc) is 2.68. The minimum absolute atomic E-state index is 0.00443. The molecule has 0 atom stereocenters. The molecule has 0 saturated carbocycles. The molecule has 0 aliphatic carbocycles. The van der Waals surface area contributed by atoms with Crippen LogP contribution in [0.1, 0.15) is 44.4 Å². The Labute approximate surface area is 173 Å². The van der Waals surface area contributed by atoms with Crippen LogP contribution in [0.4, 0.5) is 5.69 Å². The van der Waals surface area contributed by atoms with Crippen molar-refractivity contribution in [3.63, 3.8) is 0 Å².